The minimum Gasteiger partial charge on any atom is -0.355 e. The second-order valence-corrected chi connectivity index (χ2v) is 7.94. The second kappa shape index (κ2) is 13.3. The van der Waals surface area contributed by atoms with E-state index in [0.29, 0.717) is 12.0 Å². The molecule has 154 valence electrons. The number of hydrogen-bond acceptors (Lipinski definition) is 4. The molecule has 1 aromatic rings. The third kappa shape index (κ3) is 8.78. The van der Waals surface area contributed by atoms with Crippen LogP contribution in [0.2, 0.25) is 0 Å². The van der Waals surface area contributed by atoms with Gasteiger partial charge in [-0.3, -0.25) is 9.69 Å². The summed E-state index contributed by atoms with van der Waals surface area (Å²) in [6, 6.07) is 4.85. The lowest BCUT2D eigenvalue weighted by Crippen LogP contribution is -2.46. The summed E-state index contributed by atoms with van der Waals surface area (Å²) in [5.74, 6) is 0.711. The number of hydrogen-bond donors (Lipinski definition) is 2. The number of rotatable bonds is 8. The van der Waals surface area contributed by atoms with Crippen molar-refractivity contribution in [1.29, 1.82) is 0 Å². The van der Waals surface area contributed by atoms with Gasteiger partial charge in [-0.2, -0.15) is 0 Å². The predicted molar refractivity (Wildman–Crippen MR) is 125 cm³/mol. The molecule has 1 aliphatic heterocycles. The van der Waals surface area contributed by atoms with E-state index >= 15 is 0 Å². The highest BCUT2D eigenvalue weighted by molar-refractivity contribution is 14.0. The van der Waals surface area contributed by atoms with E-state index < -0.39 is 0 Å². The lowest BCUT2D eigenvalue weighted by atomic mass is 10.0. The van der Waals surface area contributed by atoms with Crippen molar-refractivity contribution in [3.63, 3.8) is 0 Å². The van der Waals surface area contributed by atoms with Crippen molar-refractivity contribution in [2.24, 2.45) is 4.99 Å². The van der Waals surface area contributed by atoms with Crippen molar-refractivity contribution in [2.45, 2.75) is 45.2 Å². The summed E-state index contributed by atoms with van der Waals surface area (Å²) in [6.45, 7) is 6.20. The first kappa shape index (κ1) is 24.2. The zero-order valence-corrected chi connectivity index (χ0v) is 19.9. The van der Waals surface area contributed by atoms with E-state index in [1.807, 2.05) is 6.07 Å². The predicted octanol–water partition coefficient (Wildman–Crippen LogP) is 2.75. The molecule has 0 radical (unpaired) electrons. The first-order chi connectivity index (χ1) is 12.6. The van der Waals surface area contributed by atoms with Crippen molar-refractivity contribution < 1.29 is 4.79 Å². The lowest BCUT2D eigenvalue weighted by molar-refractivity contribution is -0.127. The average molecular weight is 507 g/mol. The van der Waals surface area contributed by atoms with E-state index in [2.05, 4.69) is 38.9 Å². The van der Waals surface area contributed by atoms with Crippen LogP contribution in [0.1, 0.15) is 37.5 Å². The van der Waals surface area contributed by atoms with Crippen molar-refractivity contribution in [1.82, 2.24) is 20.4 Å². The summed E-state index contributed by atoms with van der Waals surface area (Å²) < 4.78 is 0. The number of carbonyl (C=O) groups excluding carboxylic acids is 1. The first-order valence-corrected chi connectivity index (χ1v) is 10.5. The number of nitrogens with one attached hydrogen (secondary N) is 2. The van der Waals surface area contributed by atoms with Gasteiger partial charge >= 0.3 is 0 Å². The number of piperidine rings is 1. The number of amides is 1. The Morgan fingerprint density at radius 2 is 2.19 bits per heavy atom. The van der Waals surface area contributed by atoms with Gasteiger partial charge in [0.2, 0.25) is 5.91 Å². The van der Waals surface area contributed by atoms with Crippen molar-refractivity contribution in [2.75, 3.05) is 40.3 Å². The molecule has 2 rings (SSSR count). The van der Waals surface area contributed by atoms with Crippen LogP contribution in [0.15, 0.2) is 22.5 Å². The van der Waals surface area contributed by atoms with Gasteiger partial charge in [0.15, 0.2) is 5.96 Å². The highest BCUT2D eigenvalue weighted by Crippen LogP contribution is 2.18. The number of likely N-dealkylation sites (tertiary alicyclic amines) is 1. The van der Waals surface area contributed by atoms with E-state index in [9.17, 15) is 4.79 Å². The molecule has 1 amide bonds. The third-order valence-electron chi connectivity index (χ3n) is 4.79. The van der Waals surface area contributed by atoms with E-state index in [-0.39, 0.29) is 36.4 Å². The number of halogens is 1. The van der Waals surface area contributed by atoms with Gasteiger partial charge < -0.3 is 15.5 Å². The molecule has 0 spiro atoms. The lowest BCUT2D eigenvalue weighted by Gasteiger charge is -2.35. The molecule has 1 aromatic heterocycles. The van der Waals surface area contributed by atoms with Crippen molar-refractivity contribution in [3.05, 3.63) is 22.4 Å². The molecule has 1 aliphatic rings. The maximum absolute atomic E-state index is 11.8. The zero-order chi connectivity index (χ0) is 18.8. The van der Waals surface area contributed by atoms with Crippen LogP contribution in [0.3, 0.4) is 0 Å². The van der Waals surface area contributed by atoms with E-state index in [1.165, 1.54) is 37.1 Å². The number of thiophene rings is 1. The Bertz CT molecular complexity index is 564. The topological polar surface area (TPSA) is 60.0 Å². The highest BCUT2D eigenvalue weighted by atomic mass is 127. The monoisotopic (exact) mass is 507 g/mol. The molecule has 2 heterocycles. The Labute approximate surface area is 184 Å². The summed E-state index contributed by atoms with van der Waals surface area (Å²) in [4.78, 5) is 21.7. The number of aliphatic imine (C=N–C) groups is 1. The summed E-state index contributed by atoms with van der Waals surface area (Å²) in [5.41, 5.74) is 0. The SMILES string of the molecule is CCC1CCCCN1CCNC(=NCC(=O)N(C)C)NCc1cccs1.I. The molecule has 8 heteroatoms. The van der Waals surface area contributed by atoms with Crippen LogP contribution in [0, 0.1) is 0 Å². The molecule has 6 nitrogen and oxygen atoms in total. The van der Waals surface area contributed by atoms with Crippen LogP contribution in [0.4, 0.5) is 0 Å². The Balaban J connectivity index is 0.00000364. The standard InChI is InChI=1S/C19H33N5OS.HI/c1-4-16-8-5-6-11-24(16)12-10-20-19(22-15-18(25)23(2)3)21-14-17-9-7-13-26-17;/h7,9,13,16H,4-6,8,10-12,14-15H2,1-3H3,(H2,20,21,22);1H. The minimum atomic E-state index is 0. The minimum absolute atomic E-state index is 0. The largest absolute Gasteiger partial charge is 0.355 e. The molecule has 0 aliphatic carbocycles. The summed E-state index contributed by atoms with van der Waals surface area (Å²) in [7, 11) is 3.51. The molecule has 1 saturated heterocycles. The fraction of sp³-hybridized carbons (Fsp3) is 0.684. The van der Waals surface area contributed by atoms with Crippen LogP contribution in [0.5, 0.6) is 0 Å². The molecule has 2 N–H and O–H groups in total. The fourth-order valence-electron chi connectivity index (χ4n) is 3.18. The normalized spacial score (nSPS) is 17.9. The van der Waals surface area contributed by atoms with Crippen LogP contribution in [0.25, 0.3) is 0 Å². The Morgan fingerprint density at radius 1 is 1.37 bits per heavy atom. The number of nitrogens with zero attached hydrogens (tertiary/aromatic N) is 3. The van der Waals surface area contributed by atoms with Crippen molar-refractivity contribution >= 4 is 47.2 Å². The van der Waals surface area contributed by atoms with Crippen LogP contribution >= 0.6 is 35.3 Å². The molecular formula is C19H34IN5OS. The highest BCUT2D eigenvalue weighted by Gasteiger charge is 2.20. The number of carbonyl (C=O) groups is 1. The molecule has 1 unspecified atom stereocenters. The van der Waals surface area contributed by atoms with Gasteiger partial charge in [0.1, 0.15) is 6.54 Å². The van der Waals surface area contributed by atoms with Gasteiger partial charge in [-0.1, -0.05) is 19.4 Å². The fourth-order valence-corrected chi connectivity index (χ4v) is 3.83. The number of guanidine groups is 1. The summed E-state index contributed by atoms with van der Waals surface area (Å²) >= 11 is 1.72. The summed E-state index contributed by atoms with van der Waals surface area (Å²) in [6.07, 6.45) is 5.18. The van der Waals surface area contributed by atoms with Crippen LogP contribution in [-0.4, -0.2) is 68.0 Å². The van der Waals surface area contributed by atoms with E-state index in [4.69, 9.17) is 0 Å². The van der Waals surface area contributed by atoms with E-state index in [0.717, 1.165) is 19.6 Å². The maximum atomic E-state index is 11.8. The molecule has 27 heavy (non-hydrogen) atoms. The van der Waals surface area contributed by atoms with Gasteiger partial charge in [0, 0.05) is 38.1 Å². The maximum Gasteiger partial charge on any atom is 0.243 e. The Morgan fingerprint density at radius 3 is 2.85 bits per heavy atom. The van der Waals surface area contributed by atoms with Gasteiger partial charge in [-0.25, -0.2) is 4.99 Å². The Hall–Kier alpha value is -0.870. The summed E-state index contributed by atoms with van der Waals surface area (Å²) in [5, 5.41) is 8.81. The van der Waals surface area contributed by atoms with Gasteiger partial charge in [0.05, 0.1) is 6.54 Å². The van der Waals surface area contributed by atoms with Gasteiger partial charge in [-0.05, 0) is 37.3 Å². The zero-order valence-electron chi connectivity index (χ0n) is 16.7. The quantitative estimate of drug-likeness (QED) is 0.323. The van der Waals surface area contributed by atoms with Crippen molar-refractivity contribution in [3.8, 4) is 0 Å². The Kier molecular flexibility index (Phi) is 11.9. The van der Waals surface area contributed by atoms with Gasteiger partial charge in [-0.15, -0.1) is 35.3 Å². The molecule has 0 aromatic carbocycles. The molecule has 0 bridgehead atoms. The van der Waals surface area contributed by atoms with Crippen LogP contribution in [-0.2, 0) is 11.3 Å². The molecular weight excluding hydrogens is 473 g/mol. The second-order valence-electron chi connectivity index (χ2n) is 6.91. The van der Waals surface area contributed by atoms with Crippen LogP contribution < -0.4 is 10.6 Å². The van der Waals surface area contributed by atoms with E-state index in [1.54, 1.807) is 30.3 Å². The molecule has 1 atom stereocenters. The first-order valence-electron chi connectivity index (χ1n) is 9.59. The van der Waals surface area contributed by atoms with Gasteiger partial charge in [0.25, 0.3) is 0 Å². The molecule has 0 saturated carbocycles. The molecule has 1 fully saturated rings. The number of likely N-dealkylation sites (N-methyl/N-ethyl adjacent to an activating group) is 1. The third-order valence-corrected chi connectivity index (χ3v) is 5.67. The average Bonchev–Trinajstić information content (AvgIpc) is 3.17. The smallest absolute Gasteiger partial charge is 0.243 e.